The maximum absolute atomic E-state index is 10.9. The lowest BCUT2D eigenvalue weighted by molar-refractivity contribution is -0.108. The molecule has 0 N–H and O–H groups in total. The minimum Gasteiger partial charge on any atom is -0.497 e. The van der Waals surface area contributed by atoms with Crippen LogP contribution in [0.3, 0.4) is 0 Å². The molecule has 0 bridgehead atoms. The molecule has 0 unspecified atom stereocenters. The van der Waals surface area contributed by atoms with E-state index in [4.69, 9.17) is 4.74 Å². The monoisotopic (exact) mass is 230 g/mol. The van der Waals surface area contributed by atoms with E-state index < -0.39 is 0 Å². The largest absolute Gasteiger partial charge is 0.497 e. The highest BCUT2D eigenvalue weighted by atomic mass is 16.5. The lowest BCUT2D eigenvalue weighted by Gasteiger charge is -2.37. The Kier molecular flexibility index (Phi) is 3.05. The second-order valence-electron chi connectivity index (χ2n) is 4.83. The van der Waals surface area contributed by atoms with E-state index in [1.807, 2.05) is 12.1 Å². The van der Waals surface area contributed by atoms with E-state index in [-0.39, 0.29) is 5.41 Å². The summed E-state index contributed by atoms with van der Waals surface area (Å²) in [6.45, 7) is 6.24. The first-order chi connectivity index (χ1) is 8.11. The van der Waals surface area contributed by atoms with Crippen LogP contribution in [0, 0.1) is 0 Å². The molecule has 2 rings (SSSR count). The number of aldehydes is 1. The van der Waals surface area contributed by atoms with Gasteiger partial charge >= 0.3 is 0 Å². The van der Waals surface area contributed by atoms with E-state index in [9.17, 15) is 4.79 Å². The molecule has 1 atom stereocenters. The maximum atomic E-state index is 10.9. The molecule has 0 spiro atoms. The average molecular weight is 230 g/mol. The first-order valence-corrected chi connectivity index (χ1v) is 5.91. The highest BCUT2D eigenvalue weighted by Crippen LogP contribution is 2.43. The number of benzene rings is 1. The number of rotatable bonds is 3. The standard InChI is InChI=1S/C15H18O2/c1-11-4-5-12-6-7-13(17-3)10-14(12)15(11,2)8-9-16/h6-7,9-10H,1,4-5,8H2,2-3H3/t15-/m1/s1. The normalized spacial score (nSPS) is 23.1. The second kappa shape index (κ2) is 4.36. The lowest BCUT2D eigenvalue weighted by atomic mass is 9.67. The van der Waals surface area contributed by atoms with Crippen LogP contribution >= 0.6 is 0 Å². The topological polar surface area (TPSA) is 26.3 Å². The molecule has 1 aromatic rings. The summed E-state index contributed by atoms with van der Waals surface area (Å²) in [5.74, 6) is 0.843. The number of aryl methyl sites for hydroxylation is 1. The van der Waals surface area contributed by atoms with Gasteiger partial charge in [0.1, 0.15) is 12.0 Å². The predicted octanol–water partition coefficient (Wildman–Crippen LogP) is 3.04. The van der Waals surface area contributed by atoms with Crippen molar-refractivity contribution in [2.75, 3.05) is 7.11 Å². The molecule has 1 aliphatic rings. The van der Waals surface area contributed by atoms with Crippen LogP contribution in [0.25, 0.3) is 0 Å². The van der Waals surface area contributed by atoms with Gasteiger partial charge in [-0.15, -0.1) is 0 Å². The summed E-state index contributed by atoms with van der Waals surface area (Å²) < 4.78 is 5.27. The number of fused-ring (bicyclic) bond motifs is 1. The summed E-state index contributed by atoms with van der Waals surface area (Å²) >= 11 is 0. The lowest BCUT2D eigenvalue weighted by Crippen LogP contribution is -2.30. The Morgan fingerprint density at radius 2 is 2.24 bits per heavy atom. The molecular weight excluding hydrogens is 212 g/mol. The average Bonchev–Trinajstić information content (AvgIpc) is 2.34. The Hall–Kier alpha value is -1.57. The van der Waals surface area contributed by atoms with Gasteiger partial charge in [-0.2, -0.15) is 0 Å². The Morgan fingerprint density at radius 1 is 1.47 bits per heavy atom. The minimum atomic E-state index is -0.232. The van der Waals surface area contributed by atoms with E-state index in [2.05, 4.69) is 19.6 Å². The van der Waals surface area contributed by atoms with E-state index in [0.717, 1.165) is 30.5 Å². The number of hydrogen-bond acceptors (Lipinski definition) is 2. The van der Waals surface area contributed by atoms with Gasteiger partial charge in [-0.05, 0) is 36.1 Å². The summed E-state index contributed by atoms with van der Waals surface area (Å²) in [6.07, 6.45) is 3.45. The number of hydrogen-bond donors (Lipinski definition) is 0. The zero-order valence-corrected chi connectivity index (χ0v) is 10.5. The van der Waals surface area contributed by atoms with Gasteiger partial charge < -0.3 is 9.53 Å². The number of carbonyl (C=O) groups excluding carboxylic acids is 1. The van der Waals surface area contributed by atoms with Crippen molar-refractivity contribution in [3.05, 3.63) is 41.5 Å². The Balaban J connectivity index is 2.56. The zero-order chi connectivity index (χ0) is 12.5. The van der Waals surface area contributed by atoms with Gasteiger partial charge in [0.15, 0.2) is 0 Å². The van der Waals surface area contributed by atoms with Crippen LogP contribution in [0.5, 0.6) is 5.75 Å². The molecule has 0 heterocycles. The third kappa shape index (κ3) is 1.88. The second-order valence-corrected chi connectivity index (χ2v) is 4.83. The van der Waals surface area contributed by atoms with Crippen LogP contribution in [0.2, 0.25) is 0 Å². The molecule has 2 nitrogen and oxygen atoms in total. The summed E-state index contributed by atoms with van der Waals surface area (Å²) in [5, 5.41) is 0. The third-order valence-corrected chi connectivity index (χ3v) is 3.88. The molecular formula is C15H18O2. The van der Waals surface area contributed by atoms with Gasteiger partial charge in [0.2, 0.25) is 0 Å². The minimum absolute atomic E-state index is 0.232. The van der Waals surface area contributed by atoms with E-state index in [1.165, 1.54) is 11.1 Å². The van der Waals surface area contributed by atoms with Gasteiger partial charge in [-0.1, -0.05) is 25.1 Å². The summed E-state index contributed by atoms with van der Waals surface area (Å²) in [5.41, 5.74) is 3.41. The van der Waals surface area contributed by atoms with Crippen molar-refractivity contribution in [3.8, 4) is 5.75 Å². The van der Waals surface area contributed by atoms with Gasteiger partial charge in [0, 0.05) is 11.8 Å². The van der Waals surface area contributed by atoms with Crippen molar-refractivity contribution in [1.29, 1.82) is 0 Å². The van der Waals surface area contributed by atoms with Crippen LogP contribution in [-0.2, 0) is 16.6 Å². The molecule has 0 saturated carbocycles. The Labute approximate surface area is 102 Å². The molecule has 2 heteroatoms. The molecule has 0 fully saturated rings. The van der Waals surface area contributed by atoms with E-state index in [0.29, 0.717) is 6.42 Å². The van der Waals surface area contributed by atoms with Crippen molar-refractivity contribution < 1.29 is 9.53 Å². The number of ether oxygens (including phenoxy) is 1. The fourth-order valence-electron chi connectivity index (χ4n) is 2.59. The van der Waals surface area contributed by atoms with Gasteiger partial charge in [-0.3, -0.25) is 0 Å². The molecule has 0 aromatic heterocycles. The fraction of sp³-hybridized carbons (Fsp3) is 0.400. The highest BCUT2D eigenvalue weighted by molar-refractivity contribution is 5.59. The molecule has 1 aromatic carbocycles. The highest BCUT2D eigenvalue weighted by Gasteiger charge is 2.34. The molecule has 0 amide bonds. The maximum Gasteiger partial charge on any atom is 0.121 e. The quantitative estimate of drug-likeness (QED) is 0.589. The van der Waals surface area contributed by atoms with Gasteiger partial charge in [-0.25, -0.2) is 0 Å². The van der Waals surface area contributed by atoms with E-state index >= 15 is 0 Å². The molecule has 0 radical (unpaired) electrons. The predicted molar refractivity (Wildman–Crippen MR) is 68.5 cm³/mol. The van der Waals surface area contributed by atoms with Crippen molar-refractivity contribution >= 4 is 6.29 Å². The number of methoxy groups -OCH3 is 1. The van der Waals surface area contributed by atoms with Gasteiger partial charge in [0.05, 0.1) is 7.11 Å². The van der Waals surface area contributed by atoms with Crippen molar-refractivity contribution in [1.82, 2.24) is 0 Å². The molecule has 0 saturated heterocycles. The fourth-order valence-corrected chi connectivity index (χ4v) is 2.59. The molecule has 17 heavy (non-hydrogen) atoms. The van der Waals surface area contributed by atoms with Crippen LogP contribution in [-0.4, -0.2) is 13.4 Å². The van der Waals surface area contributed by atoms with Crippen LogP contribution in [0.4, 0.5) is 0 Å². The van der Waals surface area contributed by atoms with Crippen LogP contribution < -0.4 is 4.74 Å². The SMILES string of the molecule is C=C1CCc2ccc(OC)cc2[C@]1(C)CC=O. The Bertz CT molecular complexity index is 462. The molecule has 0 aliphatic heterocycles. The van der Waals surface area contributed by atoms with Crippen LogP contribution in [0.15, 0.2) is 30.4 Å². The van der Waals surface area contributed by atoms with E-state index in [1.54, 1.807) is 7.11 Å². The molecule has 90 valence electrons. The number of allylic oxidation sites excluding steroid dienone is 1. The molecule has 1 aliphatic carbocycles. The van der Waals surface area contributed by atoms with Gasteiger partial charge in [0.25, 0.3) is 0 Å². The van der Waals surface area contributed by atoms with Crippen molar-refractivity contribution in [3.63, 3.8) is 0 Å². The summed E-state index contributed by atoms with van der Waals surface area (Å²) in [4.78, 5) is 10.9. The summed E-state index contributed by atoms with van der Waals surface area (Å²) in [6, 6.07) is 6.13. The smallest absolute Gasteiger partial charge is 0.121 e. The zero-order valence-electron chi connectivity index (χ0n) is 10.5. The first kappa shape index (κ1) is 11.9. The van der Waals surface area contributed by atoms with Crippen LogP contribution in [0.1, 0.15) is 30.9 Å². The third-order valence-electron chi connectivity index (χ3n) is 3.88. The Morgan fingerprint density at radius 3 is 2.88 bits per heavy atom. The number of carbonyl (C=O) groups is 1. The summed E-state index contributed by atoms with van der Waals surface area (Å²) in [7, 11) is 1.66. The van der Waals surface area contributed by atoms with Crippen molar-refractivity contribution in [2.45, 2.75) is 31.6 Å². The first-order valence-electron chi connectivity index (χ1n) is 5.91. The van der Waals surface area contributed by atoms with Crippen molar-refractivity contribution in [2.24, 2.45) is 0 Å².